The summed E-state index contributed by atoms with van der Waals surface area (Å²) in [5, 5.41) is 9.94. The van der Waals surface area contributed by atoms with Gasteiger partial charge in [0, 0.05) is 29.0 Å². The third-order valence-corrected chi connectivity index (χ3v) is 7.91. The van der Waals surface area contributed by atoms with E-state index in [1.54, 1.807) is 24.3 Å². The number of anilines is 2. The Morgan fingerprint density at radius 1 is 0.750 bits per heavy atom. The number of methoxy groups -OCH3 is 1. The number of nitrogens with one attached hydrogen (secondary N) is 3. The molecule has 0 radical (unpaired) electrons. The van der Waals surface area contributed by atoms with Crippen LogP contribution in [0.2, 0.25) is 0 Å². The Balaban J connectivity index is 1.15. The second-order valence-electron chi connectivity index (χ2n) is 10.9. The molecular weight excluding hydrogens is 567 g/mol. The van der Waals surface area contributed by atoms with E-state index in [0.29, 0.717) is 22.4 Å². The SMILES string of the molecule is COC(=O)C(NC1CCC(Nc2ccc(NC(=O)c3ccccc3-c3ccc(C(F)(F)F)cc3)cc2)CC1)c1ccccc1. The normalized spacial score (nSPS) is 17.4. The molecule has 9 heteroatoms. The average Bonchev–Trinajstić information content (AvgIpc) is 3.05. The fraction of sp³-hybridized carbons (Fsp3) is 0.257. The summed E-state index contributed by atoms with van der Waals surface area (Å²) in [6.45, 7) is 0. The molecule has 3 N–H and O–H groups in total. The Hall–Kier alpha value is -4.63. The fourth-order valence-corrected chi connectivity index (χ4v) is 5.56. The van der Waals surface area contributed by atoms with Gasteiger partial charge < -0.3 is 15.4 Å². The van der Waals surface area contributed by atoms with E-state index in [9.17, 15) is 22.8 Å². The molecule has 4 aromatic rings. The van der Waals surface area contributed by atoms with Gasteiger partial charge in [-0.25, -0.2) is 4.79 Å². The quantitative estimate of drug-likeness (QED) is 0.170. The van der Waals surface area contributed by atoms with Crippen molar-refractivity contribution in [3.8, 4) is 11.1 Å². The van der Waals surface area contributed by atoms with Crippen LogP contribution in [0.15, 0.2) is 103 Å². The van der Waals surface area contributed by atoms with E-state index < -0.39 is 17.8 Å². The maximum atomic E-state index is 13.2. The Morgan fingerprint density at radius 2 is 1.34 bits per heavy atom. The lowest BCUT2D eigenvalue weighted by atomic mass is 9.90. The molecule has 1 amide bonds. The summed E-state index contributed by atoms with van der Waals surface area (Å²) in [6, 6.07) is 28.6. The van der Waals surface area contributed by atoms with Crippen LogP contribution in [0.4, 0.5) is 24.5 Å². The van der Waals surface area contributed by atoms with Crippen LogP contribution in [0.1, 0.15) is 53.2 Å². The van der Waals surface area contributed by atoms with Crippen molar-refractivity contribution in [2.75, 3.05) is 17.7 Å². The van der Waals surface area contributed by atoms with Crippen molar-refractivity contribution in [1.82, 2.24) is 5.32 Å². The number of halogens is 3. The van der Waals surface area contributed by atoms with Crippen molar-refractivity contribution in [1.29, 1.82) is 0 Å². The van der Waals surface area contributed by atoms with Gasteiger partial charge in [0.1, 0.15) is 6.04 Å². The molecule has 0 aromatic heterocycles. The first-order valence-electron chi connectivity index (χ1n) is 14.5. The van der Waals surface area contributed by atoms with E-state index in [4.69, 9.17) is 4.74 Å². The summed E-state index contributed by atoms with van der Waals surface area (Å²) in [7, 11) is 1.40. The van der Waals surface area contributed by atoms with Crippen LogP contribution in [-0.2, 0) is 15.7 Å². The third-order valence-electron chi connectivity index (χ3n) is 7.91. The van der Waals surface area contributed by atoms with E-state index in [1.807, 2.05) is 54.6 Å². The maximum Gasteiger partial charge on any atom is 0.416 e. The van der Waals surface area contributed by atoms with E-state index in [-0.39, 0.29) is 24.0 Å². The number of benzene rings is 4. The minimum atomic E-state index is -4.43. The van der Waals surface area contributed by atoms with Gasteiger partial charge in [0.15, 0.2) is 0 Å². The number of carbonyl (C=O) groups excluding carboxylic acids is 2. The smallest absolute Gasteiger partial charge is 0.416 e. The van der Waals surface area contributed by atoms with Crippen LogP contribution in [0.5, 0.6) is 0 Å². The number of carbonyl (C=O) groups is 2. The van der Waals surface area contributed by atoms with Crippen molar-refractivity contribution in [3.05, 3.63) is 120 Å². The molecule has 44 heavy (non-hydrogen) atoms. The standard InChI is InChI=1S/C35H34F3N3O3/c1-44-34(43)32(24-7-3-2-4-8-24)40-28-19-15-26(16-20-28)39-27-17-21-29(22-18-27)41-33(42)31-10-6-5-9-30(31)23-11-13-25(14-12-23)35(36,37)38/h2-14,17-18,21-22,26,28,32,39-40H,15-16,19-20H2,1H3,(H,41,42). The number of rotatable bonds is 9. The summed E-state index contributed by atoms with van der Waals surface area (Å²) in [5.74, 6) is -0.653. The zero-order valence-electron chi connectivity index (χ0n) is 24.2. The minimum absolute atomic E-state index is 0.195. The van der Waals surface area contributed by atoms with Gasteiger partial charge in [0.25, 0.3) is 5.91 Å². The van der Waals surface area contributed by atoms with Gasteiger partial charge in [-0.15, -0.1) is 0 Å². The molecule has 4 aromatic carbocycles. The van der Waals surface area contributed by atoms with Crippen molar-refractivity contribution < 1.29 is 27.5 Å². The predicted octanol–water partition coefficient (Wildman–Crippen LogP) is 7.85. The first-order chi connectivity index (χ1) is 21.2. The Bertz CT molecular complexity index is 1550. The summed E-state index contributed by atoms with van der Waals surface area (Å²) in [6.07, 6.45) is -0.751. The Morgan fingerprint density at radius 3 is 1.98 bits per heavy atom. The molecule has 0 saturated heterocycles. The highest BCUT2D eigenvalue weighted by Gasteiger charge is 2.30. The molecule has 0 spiro atoms. The minimum Gasteiger partial charge on any atom is -0.468 e. The number of alkyl halides is 3. The lowest BCUT2D eigenvalue weighted by Crippen LogP contribution is -2.41. The summed E-state index contributed by atoms with van der Waals surface area (Å²) in [5.41, 5.74) is 3.11. The number of hydrogen-bond donors (Lipinski definition) is 3. The Labute approximate surface area is 254 Å². The van der Waals surface area contributed by atoms with E-state index in [2.05, 4.69) is 16.0 Å². The molecule has 1 fully saturated rings. The van der Waals surface area contributed by atoms with Gasteiger partial charge in [-0.2, -0.15) is 13.2 Å². The molecule has 1 aliphatic carbocycles. The summed E-state index contributed by atoms with van der Waals surface area (Å²) >= 11 is 0. The van der Waals surface area contributed by atoms with Crippen LogP contribution in [0.25, 0.3) is 11.1 Å². The van der Waals surface area contributed by atoms with E-state index in [1.165, 1.54) is 19.2 Å². The van der Waals surface area contributed by atoms with Gasteiger partial charge in [0.2, 0.25) is 0 Å². The summed E-state index contributed by atoms with van der Waals surface area (Å²) < 4.78 is 44.0. The molecule has 5 rings (SSSR count). The lowest BCUT2D eigenvalue weighted by Gasteiger charge is -2.32. The molecule has 1 unspecified atom stereocenters. The van der Waals surface area contributed by atoms with Crippen molar-refractivity contribution in [2.45, 2.75) is 50.0 Å². The van der Waals surface area contributed by atoms with Gasteiger partial charge in [0.05, 0.1) is 12.7 Å². The predicted molar refractivity (Wildman–Crippen MR) is 165 cm³/mol. The molecule has 1 aliphatic rings. The molecule has 1 atom stereocenters. The second kappa shape index (κ2) is 13.8. The molecular formula is C35H34F3N3O3. The average molecular weight is 602 g/mol. The monoisotopic (exact) mass is 601 g/mol. The Kier molecular flexibility index (Phi) is 9.65. The molecule has 228 valence electrons. The molecule has 1 saturated carbocycles. The number of hydrogen-bond acceptors (Lipinski definition) is 5. The van der Waals surface area contributed by atoms with Gasteiger partial charge >= 0.3 is 12.1 Å². The largest absolute Gasteiger partial charge is 0.468 e. The van der Waals surface area contributed by atoms with Crippen LogP contribution in [0, 0.1) is 0 Å². The third kappa shape index (κ3) is 7.65. The lowest BCUT2D eigenvalue weighted by molar-refractivity contribution is -0.143. The van der Waals surface area contributed by atoms with Crippen LogP contribution in [-0.4, -0.2) is 31.1 Å². The first-order valence-corrected chi connectivity index (χ1v) is 14.5. The zero-order valence-corrected chi connectivity index (χ0v) is 24.2. The highest BCUT2D eigenvalue weighted by molar-refractivity contribution is 6.08. The highest BCUT2D eigenvalue weighted by Crippen LogP contribution is 2.32. The van der Waals surface area contributed by atoms with Crippen LogP contribution >= 0.6 is 0 Å². The molecule has 0 aliphatic heterocycles. The van der Waals surface area contributed by atoms with E-state index >= 15 is 0 Å². The second-order valence-corrected chi connectivity index (χ2v) is 10.9. The van der Waals surface area contributed by atoms with E-state index in [0.717, 1.165) is 49.1 Å². The zero-order chi connectivity index (χ0) is 31.1. The number of amides is 1. The van der Waals surface area contributed by atoms with Gasteiger partial charge in [-0.05, 0) is 84.8 Å². The first kappa shape index (κ1) is 30.8. The molecule has 6 nitrogen and oxygen atoms in total. The highest BCUT2D eigenvalue weighted by atomic mass is 19.4. The topological polar surface area (TPSA) is 79.5 Å². The van der Waals surface area contributed by atoms with Gasteiger partial charge in [-0.1, -0.05) is 60.7 Å². The molecule has 0 bridgehead atoms. The van der Waals surface area contributed by atoms with Gasteiger partial charge in [-0.3, -0.25) is 10.1 Å². The maximum absolute atomic E-state index is 13.2. The summed E-state index contributed by atoms with van der Waals surface area (Å²) in [4.78, 5) is 25.6. The van der Waals surface area contributed by atoms with Crippen LogP contribution < -0.4 is 16.0 Å². The van der Waals surface area contributed by atoms with Crippen molar-refractivity contribution in [2.24, 2.45) is 0 Å². The van der Waals surface area contributed by atoms with Crippen molar-refractivity contribution >= 4 is 23.3 Å². The number of ether oxygens (including phenoxy) is 1. The van der Waals surface area contributed by atoms with Crippen LogP contribution in [0.3, 0.4) is 0 Å². The van der Waals surface area contributed by atoms with Crippen molar-refractivity contribution in [3.63, 3.8) is 0 Å². The molecule has 0 heterocycles. The number of esters is 1. The fourth-order valence-electron chi connectivity index (χ4n) is 5.56.